The highest BCUT2D eigenvalue weighted by molar-refractivity contribution is 5.85. The van der Waals surface area contributed by atoms with E-state index in [1.54, 1.807) is 0 Å². The molecule has 0 radical (unpaired) electrons. The van der Waals surface area contributed by atoms with Crippen LogP contribution in [0, 0.1) is 5.92 Å². The van der Waals surface area contributed by atoms with E-state index in [9.17, 15) is 14.4 Å². The lowest BCUT2D eigenvalue weighted by Crippen LogP contribution is -2.38. The topological polar surface area (TPSA) is 180 Å². The van der Waals surface area contributed by atoms with Crippen LogP contribution in [0.15, 0.2) is 0 Å². The van der Waals surface area contributed by atoms with E-state index in [1.807, 2.05) is 6.92 Å². The Morgan fingerprint density at radius 2 is 1.33 bits per heavy atom. The van der Waals surface area contributed by atoms with Crippen molar-refractivity contribution in [3.05, 3.63) is 0 Å². The highest BCUT2D eigenvalue weighted by Crippen LogP contribution is 2.14. The summed E-state index contributed by atoms with van der Waals surface area (Å²) in [6.07, 6.45) is -1.06. The number of hydrogen-bond donors (Lipinski definition) is 5. The van der Waals surface area contributed by atoms with Crippen LogP contribution < -0.4 is 0 Å². The quantitative estimate of drug-likeness (QED) is 0.210. The summed E-state index contributed by atoms with van der Waals surface area (Å²) in [7, 11) is 0. The van der Waals surface area contributed by atoms with Crippen molar-refractivity contribution in [2.45, 2.75) is 32.3 Å². The van der Waals surface area contributed by atoms with E-state index in [4.69, 9.17) is 39.7 Å². The zero-order chi connectivity index (χ0) is 21.1. The highest BCUT2D eigenvalue weighted by Gasteiger charge is 2.36. The molecule has 27 heavy (non-hydrogen) atoms. The standard InChI is InChI=1S/C10H16O7.C6H14O4/c1-2-3-4-17-8(10(15)16)6(9(13)14)5-7(11)12;7-1-3-9-5-6-10-4-2-8/h6,8H,2-5H2,1H3,(H,11,12)(H,13,14)(H,15,16);7-8H,1-6H2. The van der Waals surface area contributed by atoms with Crippen LogP contribution in [0.3, 0.4) is 0 Å². The normalized spacial score (nSPS) is 12.6. The van der Waals surface area contributed by atoms with Gasteiger partial charge in [-0.1, -0.05) is 13.3 Å². The molecule has 2 atom stereocenters. The molecule has 0 amide bonds. The van der Waals surface area contributed by atoms with E-state index >= 15 is 0 Å². The first-order valence-electron chi connectivity index (χ1n) is 8.47. The number of hydrogen-bond acceptors (Lipinski definition) is 8. The van der Waals surface area contributed by atoms with Crippen molar-refractivity contribution >= 4 is 17.9 Å². The monoisotopic (exact) mass is 398 g/mol. The van der Waals surface area contributed by atoms with E-state index in [0.29, 0.717) is 32.8 Å². The van der Waals surface area contributed by atoms with Crippen LogP contribution in [-0.2, 0) is 28.6 Å². The molecular weight excluding hydrogens is 368 g/mol. The Hall–Kier alpha value is -1.79. The second-order valence-corrected chi connectivity index (χ2v) is 5.20. The first kappa shape index (κ1) is 27.4. The number of carbonyl (C=O) groups is 3. The zero-order valence-corrected chi connectivity index (χ0v) is 15.4. The maximum absolute atomic E-state index is 10.8. The highest BCUT2D eigenvalue weighted by atomic mass is 16.5. The molecule has 0 heterocycles. The zero-order valence-electron chi connectivity index (χ0n) is 15.4. The minimum absolute atomic E-state index is 0.0417. The van der Waals surface area contributed by atoms with E-state index in [-0.39, 0.29) is 19.8 Å². The molecule has 0 bridgehead atoms. The van der Waals surface area contributed by atoms with Gasteiger partial charge in [0.05, 0.1) is 46.1 Å². The van der Waals surface area contributed by atoms with E-state index in [1.165, 1.54) is 0 Å². The Morgan fingerprint density at radius 1 is 0.815 bits per heavy atom. The van der Waals surface area contributed by atoms with Gasteiger partial charge in [0.25, 0.3) is 0 Å². The largest absolute Gasteiger partial charge is 0.481 e. The summed E-state index contributed by atoms with van der Waals surface area (Å²) in [4.78, 5) is 32.1. The van der Waals surface area contributed by atoms with Gasteiger partial charge in [0, 0.05) is 6.61 Å². The Balaban J connectivity index is 0. The summed E-state index contributed by atoms with van der Waals surface area (Å²) < 4.78 is 14.7. The maximum atomic E-state index is 10.8. The summed E-state index contributed by atoms with van der Waals surface area (Å²) in [5, 5.41) is 42.7. The Labute approximate surface area is 157 Å². The van der Waals surface area contributed by atoms with Crippen LogP contribution in [0.25, 0.3) is 0 Å². The van der Waals surface area contributed by atoms with Gasteiger partial charge in [-0.15, -0.1) is 0 Å². The molecule has 0 saturated heterocycles. The van der Waals surface area contributed by atoms with E-state index in [2.05, 4.69) is 0 Å². The van der Waals surface area contributed by atoms with Crippen molar-refractivity contribution in [2.24, 2.45) is 5.92 Å². The fourth-order valence-electron chi connectivity index (χ4n) is 1.68. The summed E-state index contributed by atoms with van der Waals surface area (Å²) in [5.74, 6) is -5.91. The Kier molecular flexibility index (Phi) is 19.3. The van der Waals surface area contributed by atoms with Crippen LogP contribution in [0.4, 0.5) is 0 Å². The minimum atomic E-state index is -1.63. The molecule has 160 valence electrons. The van der Waals surface area contributed by atoms with Gasteiger partial charge in [0.1, 0.15) is 5.92 Å². The second kappa shape index (κ2) is 19.0. The molecule has 0 saturated carbocycles. The molecule has 0 spiro atoms. The Bertz CT molecular complexity index is 392. The van der Waals surface area contributed by atoms with Gasteiger partial charge < -0.3 is 39.7 Å². The average molecular weight is 398 g/mol. The van der Waals surface area contributed by atoms with Gasteiger partial charge >= 0.3 is 17.9 Å². The van der Waals surface area contributed by atoms with E-state index < -0.39 is 36.4 Å². The predicted octanol–water partition coefficient (Wildman–Crippen LogP) is -0.564. The smallest absolute Gasteiger partial charge is 0.333 e. The van der Waals surface area contributed by atoms with Crippen LogP contribution in [0.1, 0.15) is 26.2 Å². The maximum Gasteiger partial charge on any atom is 0.333 e. The molecule has 11 heteroatoms. The third-order valence-electron chi connectivity index (χ3n) is 2.96. The number of rotatable bonds is 16. The molecule has 0 rings (SSSR count). The second-order valence-electron chi connectivity index (χ2n) is 5.20. The number of unbranched alkanes of at least 4 members (excludes halogenated alkanes) is 1. The Morgan fingerprint density at radius 3 is 1.67 bits per heavy atom. The van der Waals surface area contributed by atoms with Gasteiger partial charge in [-0.05, 0) is 6.42 Å². The third-order valence-corrected chi connectivity index (χ3v) is 2.96. The van der Waals surface area contributed by atoms with Gasteiger partial charge in [-0.3, -0.25) is 9.59 Å². The predicted molar refractivity (Wildman–Crippen MR) is 91.5 cm³/mol. The lowest BCUT2D eigenvalue weighted by molar-refractivity contribution is -0.166. The molecule has 0 aromatic carbocycles. The molecule has 0 aromatic rings. The first-order valence-corrected chi connectivity index (χ1v) is 8.47. The van der Waals surface area contributed by atoms with Crippen LogP contribution in [0.2, 0.25) is 0 Å². The van der Waals surface area contributed by atoms with Crippen LogP contribution >= 0.6 is 0 Å². The van der Waals surface area contributed by atoms with Crippen molar-refractivity contribution in [1.29, 1.82) is 0 Å². The van der Waals surface area contributed by atoms with Gasteiger partial charge in [-0.2, -0.15) is 0 Å². The SMILES string of the molecule is CCCCOC(C(=O)O)C(CC(=O)O)C(=O)O.OCCOCCOCCO. The van der Waals surface area contributed by atoms with E-state index in [0.717, 1.165) is 6.42 Å². The number of aliphatic hydroxyl groups is 2. The number of ether oxygens (including phenoxy) is 3. The molecule has 2 unspecified atom stereocenters. The molecule has 0 fully saturated rings. The first-order chi connectivity index (χ1) is 12.8. The van der Waals surface area contributed by atoms with Crippen molar-refractivity contribution in [1.82, 2.24) is 0 Å². The summed E-state index contributed by atoms with van der Waals surface area (Å²) >= 11 is 0. The number of carboxylic acids is 3. The fourth-order valence-corrected chi connectivity index (χ4v) is 1.68. The third kappa shape index (κ3) is 17.4. The van der Waals surface area contributed by atoms with Crippen molar-refractivity contribution < 1.29 is 54.1 Å². The summed E-state index contributed by atoms with van der Waals surface area (Å²) in [5.41, 5.74) is 0. The molecule has 0 aliphatic heterocycles. The summed E-state index contributed by atoms with van der Waals surface area (Å²) in [6.45, 7) is 3.69. The van der Waals surface area contributed by atoms with Crippen LogP contribution in [-0.4, -0.2) is 95.8 Å². The number of aliphatic carboxylic acids is 3. The fraction of sp³-hybridized carbons (Fsp3) is 0.812. The van der Waals surface area contributed by atoms with Crippen molar-refractivity contribution in [3.8, 4) is 0 Å². The molecule has 0 aromatic heterocycles. The van der Waals surface area contributed by atoms with Crippen LogP contribution in [0.5, 0.6) is 0 Å². The lowest BCUT2D eigenvalue weighted by Gasteiger charge is -2.19. The molecule has 0 aliphatic carbocycles. The molecular formula is C16H30O11. The van der Waals surface area contributed by atoms with Crippen molar-refractivity contribution in [2.75, 3.05) is 46.2 Å². The van der Waals surface area contributed by atoms with Crippen molar-refractivity contribution in [3.63, 3.8) is 0 Å². The molecule has 5 N–H and O–H groups in total. The number of aliphatic hydroxyl groups excluding tert-OH is 2. The summed E-state index contributed by atoms with van der Waals surface area (Å²) in [6, 6.07) is 0. The molecule has 0 aliphatic rings. The van der Waals surface area contributed by atoms with Gasteiger partial charge in [0.2, 0.25) is 0 Å². The lowest BCUT2D eigenvalue weighted by atomic mass is 9.98. The number of carboxylic acid groups (broad SMARTS) is 3. The molecule has 11 nitrogen and oxygen atoms in total. The minimum Gasteiger partial charge on any atom is -0.481 e. The van der Waals surface area contributed by atoms with Gasteiger partial charge in [0.15, 0.2) is 6.10 Å². The average Bonchev–Trinajstić information content (AvgIpc) is 2.60. The van der Waals surface area contributed by atoms with Gasteiger partial charge in [-0.25, -0.2) is 4.79 Å².